The van der Waals surface area contributed by atoms with Crippen LogP contribution in [0.1, 0.15) is 41.1 Å². The molecule has 1 aliphatic heterocycles. The first-order chi connectivity index (χ1) is 20.7. The number of nitrogens with two attached hydrogens (primary N) is 1. The van der Waals surface area contributed by atoms with Crippen molar-refractivity contribution in [3.63, 3.8) is 0 Å². The van der Waals surface area contributed by atoms with Crippen LogP contribution in [0.3, 0.4) is 0 Å². The predicted octanol–water partition coefficient (Wildman–Crippen LogP) is 2.48. The minimum absolute atomic E-state index is 0.164. The molecule has 1 aliphatic carbocycles. The van der Waals surface area contributed by atoms with Gasteiger partial charge in [-0.15, -0.1) is 0 Å². The lowest BCUT2D eigenvalue weighted by molar-refractivity contribution is -0.152. The van der Waals surface area contributed by atoms with E-state index in [2.05, 4.69) is 16.0 Å². The Hall–Kier alpha value is -4.21. The SMILES string of the molecule is CNC(=O)[C@@H]1Cc2ccccc2[C@@H]1NC(=O)C1C(c2ccccc2)CN1C(=O)C(Cc1cccc(Cl)c1)NC(=O)C(C)N. The smallest absolute Gasteiger partial charge is 0.246 e. The highest BCUT2D eigenvalue weighted by atomic mass is 35.5. The van der Waals surface area contributed by atoms with Crippen molar-refractivity contribution in [3.8, 4) is 0 Å². The Kier molecular flexibility index (Phi) is 9.13. The molecule has 2 aliphatic rings. The maximum Gasteiger partial charge on any atom is 0.246 e. The Morgan fingerprint density at radius 2 is 1.70 bits per heavy atom. The summed E-state index contributed by atoms with van der Waals surface area (Å²) in [6.45, 7) is 1.84. The van der Waals surface area contributed by atoms with Gasteiger partial charge in [-0.2, -0.15) is 0 Å². The van der Waals surface area contributed by atoms with E-state index < -0.39 is 41.9 Å². The van der Waals surface area contributed by atoms with Crippen LogP contribution in [0.4, 0.5) is 0 Å². The zero-order valence-corrected chi connectivity index (χ0v) is 24.9. The molecule has 10 heteroatoms. The molecule has 0 bridgehead atoms. The quantitative estimate of drug-likeness (QED) is 0.299. The fourth-order valence-electron chi connectivity index (χ4n) is 6.09. The van der Waals surface area contributed by atoms with Crippen molar-refractivity contribution < 1.29 is 19.2 Å². The molecule has 3 aromatic rings. The molecule has 0 saturated carbocycles. The molecule has 4 unspecified atom stereocenters. The van der Waals surface area contributed by atoms with E-state index in [4.69, 9.17) is 17.3 Å². The average Bonchev–Trinajstić information content (AvgIpc) is 3.34. The summed E-state index contributed by atoms with van der Waals surface area (Å²) in [7, 11) is 1.58. The van der Waals surface area contributed by atoms with Crippen molar-refractivity contribution in [2.75, 3.05) is 13.6 Å². The van der Waals surface area contributed by atoms with Gasteiger partial charge >= 0.3 is 0 Å². The number of fused-ring (bicyclic) bond motifs is 1. The van der Waals surface area contributed by atoms with Crippen LogP contribution in [0, 0.1) is 5.92 Å². The molecule has 5 N–H and O–H groups in total. The molecule has 1 fully saturated rings. The van der Waals surface area contributed by atoms with E-state index in [1.807, 2.05) is 60.7 Å². The van der Waals surface area contributed by atoms with Crippen LogP contribution in [0.2, 0.25) is 5.02 Å². The first-order valence-corrected chi connectivity index (χ1v) is 14.8. The number of halogens is 1. The highest BCUT2D eigenvalue weighted by Crippen LogP contribution is 2.39. The minimum atomic E-state index is -0.963. The predicted molar refractivity (Wildman–Crippen MR) is 164 cm³/mol. The number of hydrogen-bond acceptors (Lipinski definition) is 5. The van der Waals surface area contributed by atoms with E-state index in [1.54, 1.807) is 32.2 Å². The fraction of sp³-hybridized carbons (Fsp3) is 0.333. The van der Waals surface area contributed by atoms with Crippen LogP contribution in [0.5, 0.6) is 0 Å². The van der Waals surface area contributed by atoms with E-state index >= 15 is 0 Å². The summed E-state index contributed by atoms with van der Waals surface area (Å²) in [4.78, 5) is 55.3. The van der Waals surface area contributed by atoms with E-state index in [9.17, 15) is 19.2 Å². The second-order valence-electron chi connectivity index (χ2n) is 11.2. The van der Waals surface area contributed by atoms with Gasteiger partial charge in [0.15, 0.2) is 0 Å². The number of hydrogen-bond donors (Lipinski definition) is 4. The highest BCUT2D eigenvalue weighted by molar-refractivity contribution is 6.30. The Morgan fingerprint density at radius 1 is 0.977 bits per heavy atom. The van der Waals surface area contributed by atoms with Crippen molar-refractivity contribution in [1.82, 2.24) is 20.9 Å². The molecule has 5 rings (SSSR count). The van der Waals surface area contributed by atoms with Gasteiger partial charge in [0.25, 0.3) is 0 Å². The van der Waals surface area contributed by atoms with Gasteiger partial charge in [0.1, 0.15) is 12.1 Å². The third kappa shape index (κ3) is 6.43. The zero-order valence-electron chi connectivity index (χ0n) is 24.1. The van der Waals surface area contributed by atoms with Gasteiger partial charge < -0.3 is 26.6 Å². The number of likely N-dealkylation sites (tertiary alicyclic amines) is 1. The molecule has 6 atom stereocenters. The number of carbonyl (C=O) groups excluding carboxylic acids is 4. The summed E-state index contributed by atoms with van der Waals surface area (Å²) in [6, 6.07) is 21.1. The third-order valence-corrected chi connectivity index (χ3v) is 8.60. The standard InChI is InChI=1S/C33H36ClN5O4/c1-19(35)30(40)37-27(16-20-9-8-13-23(34)15-20)33(43)39-18-26(21-10-4-3-5-11-21)29(39)32(42)38-28-24-14-7-6-12-22(24)17-25(28)31(41)36-2/h3-15,19,25-29H,16-18,35H2,1-2H3,(H,36,41)(H,37,40)(H,38,42)/t19?,25-,26?,27?,28+,29?/m1/s1. The molecule has 1 saturated heterocycles. The van der Waals surface area contributed by atoms with Crippen LogP contribution < -0.4 is 21.7 Å². The summed E-state index contributed by atoms with van der Waals surface area (Å²) < 4.78 is 0. The number of nitrogens with zero attached hydrogens (tertiary/aromatic N) is 1. The molecule has 224 valence electrons. The lowest BCUT2D eigenvalue weighted by Gasteiger charge is -2.48. The molecule has 4 amide bonds. The van der Waals surface area contributed by atoms with Crippen LogP contribution in [-0.2, 0) is 32.0 Å². The molecule has 0 aromatic heterocycles. The van der Waals surface area contributed by atoms with Crippen molar-refractivity contribution in [1.29, 1.82) is 0 Å². The monoisotopic (exact) mass is 601 g/mol. The second kappa shape index (κ2) is 13.0. The highest BCUT2D eigenvalue weighted by Gasteiger charge is 2.50. The van der Waals surface area contributed by atoms with Crippen molar-refractivity contribution in [3.05, 3.63) is 106 Å². The Labute approximate surface area is 256 Å². The number of nitrogens with one attached hydrogen (secondary N) is 3. The summed E-state index contributed by atoms with van der Waals surface area (Å²) in [5, 5.41) is 9.13. The normalized spacial score (nSPS) is 22.0. The topological polar surface area (TPSA) is 134 Å². The molecular formula is C33H36ClN5O4. The van der Waals surface area contributed by atoms with Gasteiger partial charge in [-0.25, -0.2) is 0 Å². The summed E-state index contributed by atoms with van der Waals surface area (Å²) >= 11 is 6.19. The van der Waals surface area contributed by atoms with Gasteiger partial charge in [-0.1, -0.05) is 78.3 Å². The van der Waals surface area contributed by atoms with Crippen molar-refractivity contribution >= 4 is 35.2 Å². The number of benzene rings is 3. The number of rotatable bonds is 9. The molecule has 0 spiro atoms. The van der Waals surface area contributed by atoms with Crippen LogP contribution in [0.15, 0.2) is 78.9 Å². The fourth-order valence-corrected chi connectivity index (χ4v) is 6.30. The second-order valence-corrected chi connectivity index (χ2v) is 11.7. The first-order valence-electron chi connectivity index (χ1n) is 14.4. The zero-order chi connectivity index (χ0) is 30.7. The Bertz CT molecular complexity index is 1510. The molecule has 1 heterocycles. The number of amides is 4. The van der Waals surface area contributed by atoms with Crippen LogP contribution >= 0.6 is 11.6 Å². The van der Waals surface area contributed by atoms with E-state index in [0.717, 1.165) is 22.3 Å². The van der Waals surface area contributed by atoms with Gasteiger partial charge in [-0.3, -0.25) is 19.2 Å². The van der Waals surface area contributed by atoms with Crippen LogP contribution in [-0.4, -0.2) is 60.2 Å². The third-order valence-electron chi connectivity index (χ3n) is 8.36. The van der Waals surface area contributed by atoms with Crippen molar-refractivity contribution in [2.45, 2.75) is 49.9 Å². The number of carbonyl (C=O) groups is 4. The lowest BCUT2D eigenvalue weighted by Crippen LogP contribution is -2.67. The van der Waals surface area contributed by atoms with Crippen LogP contribution in [0.25, 0.3) is 0 Å². The van der Waals surface area contributed by atoms with Gasteiger partial charge in [0.05, 0.1) is 18.0 Å². The van der Waals surface area contributed by atoms with E-state index in [1.165, 1.54) is 4.90 Å². The maximum atomic E-state index is 14.1. The lowest BCUT2D eigenvalue weighted by atomic mass is 9.80. The van der Waals surface area contributed by atoms with E-state index in [0.29, 0.717) is 18.0 Å². The van der Waals surface area contributed by atoms with E-state index in [-0.39, 0.29) is 24.2 Å². The maximum absolute atomic E-state index is 14.1. The van der Waals surface area contributed by atoms with Crippen molar-refractivity contribution in [2.24, 2.45) is 11.7 Å². The minimum Gasteiger partial charge on any atom is -0.359 e. The first kappa shape index (κ1) is 30.3. The summed E-state index contributed by atoms with van der Waals surface area (Å²) in [5.74, 6) is -2.14. The molecule has 0 radical (unpaired) electrons. The Morgan fingerprint density at radius 3 is 2.40 bits per heavy atom. The molecular weight excluding hydrogens is 566 g/mol. The van der Waals surface area contributed by atoms with Gasteiger partial charge in [0.2, 0.25) is 23.6 Å². The Balaban J connectivity index is 1.45. The van der Waals surface area contributed by atoms with Gasteiger partial charge in [-0.05, 0) is 47.7 Å². The molecule has 43 heavy (non-hydrogen) atoms. The van der Waals surface area contributed by atoms with Gasteiger partial charge in [0, 0.05) is 31.0 Å². The molecule has 9 nitrogen and oxygen atoms in total. The largest absolute Gasteiger partial charge is 0.359 e. The summed E-state index contributed by atoms with van der Waals surface area (Å²) in [5.41, 5.74) is 9.40. The summed E-state index contributed by atoms with van der Waals surface area (Å²) in [6.07, 6.45) is 0.675. The average molecular weight is 602 g/mol. The molecule has 3 aromatic carbocycles.